The quantitative estimate of drug-likeness (QED) is 0.802. The van der Waals surface area contributed by atoms with Crippen molar-refractivity contribution in [2.24, 2.45) is 5.41 Å². The average Bonchev–Trinajstić information content (AvgIpc) is 2.24. The molecule has 0 aliphatic heterocycles. The number of hydrogen-bond donors (Lipinski definition) is 1. The molecule has 0 saturated carbocycles. The molecule has 0 fully saturated rings. The SMILES string of the molecule is C[C@@H](O)c1ccc(OCCCC(C)(C)C)c(F)c1. The third-order valence-corrected chi connectivity index (χ3v) is 2.77. The summed E-state index contributed by atoms with van der Waals surface area (Å²) in [5.41, 5.74) is 0.840. The normalized spacial score (nSPS) is 13.4. The van der Waals surface area contributed by atoms with Gasteiger partial charge in [0.1, 0.15) is 0 Å². The number of halogens is 1. The summed E-state index contributed by atoms with van der Waals surface area (Å²) in [5.74, 6) is -0.155. The van der Waals surface area contributed by atoms with Crippen molar-refractivity contribution >= 4 is 0 Å². The van der Waals surface area contributed by atoms with Gasteiger partial charge in [0.2, 0.25) is 0 Å². The van der Waals surface area contributed by atoms with E-state index in [0.29, 0.717) is 12.2 Å². The summed E-state index contributed by atoms with van der Waals surface area (Å²) in [5, 5.41) is 9.34. The second-order valence-corrected chi connectivity index (χ2v) is 5.88. The zero-order valence-electron chi connectivity index (χ0n) is 11.7. The summed E-state index contributed by atoms with van der Waals surface area (Å²) in [4.78, 5) is 0. The molecule has 0 aliphatic carbocycles. The Morgan fingerprint density at radius 3 is 2.50 bits per heavy atom. The van der Waals surface area contributed by atoms with Gasteiger partial charge in [-0.3, -0.25) is 0 Å². The Morgan fingerprint density at radius 2 is 2.00 bits per heavy atom. The monoisotopic (exact) mass is 254 g/mol. The maximum absolute atomic E-state index is 13.6. The smallest absolute Gasteiger partial charge is 0.165 e. The lowest BCUT2D eigenvalue weighted by Gasteiger charge is -2.18. The van der Waals surface area contributed by atoms with Crippen LogP contribution in [-0.4, -0.2) is 11.7 Å². The molecule has 3 heteroatoms. The third-order valence-electron chi connectivity index (χ3n) is 2.77. The largest absolute Gasteiger partial charge is 0.491 e. The van der Waals surface area contributed by atoms with Crippen molar-refractivity contribution < 1.29 is 14.2 Å². The molecular formula is C15H23FO2. The molecule has 0 bridgehead atoms. The van der Waals surface area contributed by atoms with Crippen LogP contribution in [0.1, 0.15) is 52.2 Å². The van der Waals surface area contributed by atoms with Crippen molar-refractivity contribution in [2.45, 2.75) is 46.6 Å². The molecule has 0 heterocycles. The molecule has 1 atom stereocenters. The Kier molecular flexibility index (Phi) is 5.15. The first-order valence-electron chi connectivity index (χ1n) is 6.40. The fourth-order valence-corrected chi connectivity index (χ4v) is 1.68. The number of aliphatic hydroxyl groups excluding tert-OH is 1. The van der Waals surface area contributed by atoms with E-state index in [1.54, 1.807) is 19.1 Å². The molecule has 0 spiro atoms. The molecule has 0 radical (unpaired) electrons. The summed E-state index contributed by atoms with van der Waals surface area (Å²) in [6.45, 7) is 8.64. The standard InChI is InChI=1S/C15H23FO2/c1-11(17)12-6-7-14(13(16)10-12)18-9-5-8-15(2,3)4/h6-7,10-11,17H,5,8-9H2,1-4H3/t11-/m1/s1. The number of benzene rings is 1. The van der Waals surface area contributed by atoms with Crippen LogP contribution in [0.25, 0.3) is 0 Å². The lowest BCUT2D eigenvalue weighted by Crippen LogP contribution is -2.08. The van der Waals surface area contributed by atoms with Gasteiger partial charge < -0.3 is 9.84 Å². The van der Waals surface area contributed by atoms with E-state index in [1.165, 1.54) is 6.07 Å². The summed E-state index contributed by atoms with van der Waals surface area (Å²) < 4.78 is 19.0. The summed E-state index contributed by atoms with van der Waals surface area (Å²) >= 11 is 0. The summed E-state index contributed by atoms with van der Waals surface area (Å²) in [7, 11) is 0. The Hall–Kier alpha value is -1.09. The van der Waals surface area contributed by atoms with Gasteiger partial charge in [0, 0.05) is 0 Å². The maximum Gasteiger partial charge on any atom is 0.165 e. The van der Waals surface area contributed by atoms with Crippen molar-refractivity contribution in [1.82, 2.24) is 0 Å². The first-order valence-corrected chi connectivity index (χ1v) is 6.40. The molecule has 1 N–H and O–H groups in total. The Bertz CT molecular complexity index is 381. The Balaban J connectivity index is 2.48. The molecule has 0 amide bonds. The highest BCUT2D eigenvalue weighted by molar-refractivity contribution is 5.30. The van der Waals surface area contributed by atoms with Gasteiger partial charge >= 0.3 is 0 Å². The van der Waals surface area contributed by atoms with Crippen molar-refractivity contribution in [3.63, 3.8) is 0 Å². The number of aliphatic hydroxyl groups is 1. The predicted octanol–water partition coefficient (Wildman–Crippen LogP) is 4.08. The van der Waals surface area contributed by atoms with E-state index in [2.05, 4.69) is 20.8 Å². The van der Waals surface area contributed by atoms with Crippen LogP contribution < -0.4 is 4.74 Å². The molecule has 1 aromatic carbocycles. The molecule has 1 aromatic rings. The van der Waals surface area contributed by atoms with Gasteiger partial charge in [0.05, 0.1) is 12.7 Å². The fourth-order valence-electron chi connectivity index (χ4n) is 1.68. The van der Waals surface area contributed by atoms with Gasteiger partial charge in [0.25, 0.3) is 0 Å². The minimum atomic E-state index is -0.658. The summed E-state index contributed by atoms with van der Waals surface area (Å²) in [6.07, 6.45) is 1.29. The number of hydrogen-bond acceptors (Lipinski definition) is 2. The average molecular weight is 254 g/mol. The molecular weight excluding hydrogens is 231 g/mol. The topological polar surface area (TPSA) is 29.5 Å². The lowest BCUT2D eigenvalue weighted by molar-refractivity contribution is 0.198. The van der Waals surface area contributed by atoms with E-state index in [4.69, 9.17) is 4.74 Å². The predicted molar refractivity (Wildman–Crippen MR) is 71.2 cm³/mol. The van der Waals surface area contributed by atoms with E-state index in [0.717, 1.165) is 12.8 Å². The molecule has 0 aliphatic rings. The van der Waals surface area contributed by atoms with Gasteiger partial charge in [-0.25, -0.2) is 4.39 Å². The van der Waals surface area contributed by atoms with E-state index in [9.17, 15) is 9.50 Å². The maximum atomic E-state index is 13.6. The molecule has 0 unspecified atom stereocenters. The van der Waals surface area contributed by atoms with Crippen LogP contribution in [-0.2, 0) is 0 Å². The first kappa shape index (κ1) is 15.0. The van der Waals surface area contributed by atoms with E-state index < -0.39 is 11.9 Å². The first-order chi connectivity index (χ1) is 8.29. The molecule has 18 heavy (non-hydrogen) atoms. The highest BCUT2D eigenvalue weighted by Crippen LogP contribution is 2.24. The highest BCUT2D eigenvalue weighted by Gasteiger charge is 2.11. The van der Waals surface area contributed by atoms with Gasteiger partial charge in [-0.05, 0) is 42.9 Å². The minimum absolute atomic E-state index is 0.258. The van der Waals surface area contributed by atoms with Crippen molar-refractivity contribution in [2.75, 3.05) is 6.61 Å². The van der Waals surface area contributed by atoms with Crippen LogP contribution >= 0.6 is 0 Å². The van der Waals surface area contributed by atoms with Gasteiger partial charge in [-0.15, -0.1) is 0 Å². The van der Waals surface area contributed by atoms with Crippen molar-refractivity contribution in [3.8, 4) is 5.75 Å². The lowest BCUT2D eigenvalue weighted by atomic mass is 9.91. The molecule has 1 rings (SSSR count). The van der Waals surface area contributed by atoms with Crippen LogP contribution in [0.5, 0.6) is 5.75 Å². The zero-order chi connectivity index (χ0) is 13.8. The molecule has 102 valence electrons. The molecule has 0 saturated heterocycles. The number of rotatable bonds is 5. The van der Waals surface area contributed by atoms with E-state index in [-0.39, 0.29) is 11.2 Å². The van der Waals surface area contributed by atoms with Crippen molar-refractivity contribution in [3.05, 3.63) is 29.6 Å². The van der Waals surface area contributed by atoms with Gasteiger partial charge in [0.15, 0.2) is 11.6 Å². The molecule has 0 aromatic heterocycles. The van der Waals surface area contributed by atoms with Crippen molar-refractivity contribution in [1.29, 1.82) is 0 Å². The number of ether oxygens (including phenoxy) is 1. The van der Waals surface area contributed by atoms with Crippen LogP contribution in [0.15, 0.2) is 18.2 Å². The van der Waals surface area contributed by atoms with Gasteiger partial charge in [-0.1, -0.05) is 26.8 Å². The Labute approximate surface area is 109 Å². The fraction of sp³-hybridized carbons (Fsp3) is 0.600. The minimum Gasteiger partial charge on any atom is -0.491 e. The van der Waals surface area contributed by atoms with Gasteiger partial charge in [-0.2, -0.15) is 0 Å². The van der Waals surface area contributed by atoms with Crippen LogP contribution in [0.4, 0.5) is 4.39 Å². The Morgan fingerprint density at radius 1 is 1.33 bits per heavy atom. The van der Waals surface area contributed by atoms with Crippen LogP contribution in [0.2, 0.25) is 0 Å². The molecule has 2 nitrogen and oxygen atoms in total. The van der Waals surface area contributed by atoms with Crippen LogP contribution in [0.3, 0.4) is 0 Å². The second kappa shape index (κ2) is 6.19. The zero-order valence-corrected chi connectivity index (χ0v) is 11.7. The van der Waals surface area contributed by atoms with Crippen LogP contribution in [0, 0.1) is 11.2 Å². The summed E-state index contributed by atoms with van der Waals surface area (Å²) in [6, 6.07) is 4.59. The van der Waals surface area contributed by atoms with E-state index in [1.807, 2.05) is 0 Å². The highest BCUT2D eigenvalue weighted by atomic mass is 19.1. The third kappa shape index (κ3) is 5.05. The second-order valence-electron chi connectivity index (χ2n) is 5.88. The van der Waals surface area contributed by atoms with E-state index >= 15 is 0 Å².